The molecule has 0 bridgehead atoms. The number of piperazine rings is 1. The molecule has 1 saturated heterocycles. The Hall–Kier alpha value is -2.67. The Morgan fingerprint density at radius 1 is 1.32 bits per heavy atom. The Labute approximate surface area is 168 Å². The third-order valence-corrected chi connectivity index (χ3v) is 6.44. The van der Waals surface area contributed by atoms with Crippen LogP contribution in [0.1, 0.15) is 52.3 Å². The first-order valence-electron chi connectivity index (χ1n) is 9.49. The van der Waals surface area contributed by atoms with Crippen molar-refractivity contribution in [2.24, 2.45) is 7.05 Å². The Bertz CT molecular complexity index is 1070. The predicted molar refractivity (Wildman–Crippen MR) is 111 cm³/mol. The van der Waals surface area contributed by atoms with E-state index in [2.05, 4.69) is 24.3 Å². The fourth-order valence-electron chi connectivity index (χ4n) is 3.83. The Kier molecular flexibility index (Phi) is 4.71. The maximum atomic E-state index is 13.4. The van der Waals surface area contributed by atoms with Gasteiger partial charge in [0.15, 0.2) is 0 Å². The van der Waals surface area contributed by atoms with Crippen molar-refractivity contribution >= 4 is 33.4 Å². The minimum absolute atomic E-state index is 0.0981. The van der Waals surface area contributed by atoms with Crippen molar-refractivity contribution in [1.29, 1.82) is 0 Å². The van der Waals surface area contributed by atoms with Crippen LogP contribution >= 0.6 is 11.3 Å². The van der Waals surface area contributed by atoms with Gasteiger partial charge in [-0.05, 0) is 30.0 Å². The number of thiophene rings is 1. The van der Waals surface area contributed by atoms with E-state index < -0.39 is 6.04 Å². The molecule has 146 valence electrons. The normalized spacial score (nSPS) is 17.4. The van der Waals surface area contributed by atoms with Crippen molar-refractivity contribution in [3.63, 3.8) is 0 Å². The number of fused-ring (bicyclic) bond motifs is 1. The molecule has 1 unspecified atom stereocenters. The van der Waals surface area contributed by atoms with Gasteiger partial charge in [0.25, 0.3) is 5.91 Å². The van der Waals surface area contributed by atoms with Crippen molar-refractivity contribution in [1.82, 2.24) is 20.0 Å². The second-order valence-corrected chi connectivity index (χ2v) is 8.57. The quantitative estimate of drug-likeness (QED) is 0.738. The highest BCUT2D eigenvalue weighted by Gasteiger charge is 2.36. The maximum Gasteiger partial charge on any atom is 0.265 e. The van der Waals surface area contributed by atoms with Gasteiger partial charge in [0, 0.05) is 25.5 Å². The molecular formula is C21H24N4O2S. The van der Waals surface area contributed by atoms with E-state index in [9.17, 15) is 9.59 Å². The average Bonchev–Trinajstić information content (AvgIpc) is 3.22. The minimum atomic E-state index is -0.602. The maximum absolute atomic E-state index is 13.4. The summed E-state index contributed by atoms with van der Waals surface area (Å²) in [4.78, 5) is 29.5. The molecule has 2 amide bonds. The molecule has 3 heterocycles. The van der Waals surface area contributed by atoms with E-state index in [1.165, 1.54) is 11.3 Å². The largest absolute Gasteiger partial charge is 0.352 e. The molecule has 0 aliphatic carbocycles. The number of carbonyl (C=O) groups is 2. The van der Waals surface area contributed by atoms with Crippen LogP contribution in [-0.2, 0) is 11.8 Å². The van der Waals surface area contributed by atoms with Gasteiger partial charge in [-0.2, -0.15) is 5.10 Å². The van der Waals surface area contributed by atoms with Crippen LogP contribution in [0.2, 0.25) is 0 Å². The van der Waals surface area contributed by atoms with Gasteiger partial charge in [0.05, 0.1) is 10.6 Å². The molecule has 7 heteroatoms. The first-order chi connectivity index (χ1) is 13.4. The summed E-state index contributed by atoms with van der Waals surface area (Å²) < 4.78 is 1.84. The number of aromatic nitrogens is 2. The molecule has 1 atom stereocenters. The van der Waals surface area contributed by atoms with Gasteiger partial charge in [0.2, 0.25) is 5.91 Å². The van der Waals surface area contributed by atoms with Gasteiger partial charge < -0.3 is 10.2 Å². The fourth-order valence-corrected chi connectivity index (χ4v) is 4.86. The summed E-state index contributed by atoms with van der Waals surface area (Å²) in [7, 11) is 1.91. The molecular weight excluding hydrogens is 372 g/mol. The summed E-state index contributed by atoms with van der Waals surface area (Å²) in [5.41, 5.74) is 2.88. The topological polar surface area (TPSA) is 67.2 Å². The average molecular weight is 397 g/mol. The number of nitrogens with one attached hydrogen (secondary N) is 1. The number of benzene rings is 1. The van der Waals surface area contributed by atoms with Crippen LogP contribution in [-0.4, -0.2) is 39.6 Å². The molecule has 28 heavy (non-hydrogen) atoms. The lowest BCUT2D eigenvalue weighted by molar-refractivity contribution is -0.128. The zero-order chi connectivity index (χ0) is 20.0. The fraction of sp³-hybridized carbons (Fsp3) is 0.381. The summed E-state index contributed by atoms with van der Waals surface area (Å²) in [5, 5.41) is 8.52. The summed E-state index contributed by atoms with van der Waals surface area (Å²) in [6.45, 7) is 7.14. The van der Waals surface area contributed by atoms with Gasteiger partial charge in [-0.1, -0.05) is 38.1 Å². The molecule has 1 aliphatic heterocycles. The van der Waals surface area contributed by atoms with Crippen LogP contribution in [0.4, 0.5) is 0 Å². The molecule has 4 rings (SSSR count). The van der Waals surface area contributed by atoms with Gasteiger partial charge >= 0.3 is 0 Å². The van der Waals surface area contributed by atoms with Crippen molar-refractivity contribution in [2.45, 2.75) is 32.7 Å². The molecule has 1 fully saturated rings. The number of carbonyl (C=O) groups excluding carboxylic acids is 2. The van der Waals surface area contributed by atoms with Crippen molar-refractivity contribution in [2.75, 3.05) is 13.1 Å². The molecule has 2 aromatic heterocycles. The summed E-state index contributed by atoms with van der Waals surface area (Å²) >= 11 is 1.44. The van der Waals surface area contributed by atoms with E-state index in [-0.39, 0.29) is 17.7 Å². The number of aryl methyl sites for hydroxylation is 2. The molecule has 6 nitrogen and oxygen atoms in total. The Morgan fingerprint density at radius 3 is 2.79 bits per heavy atom. The lowest BCUT2D eigenvalue weighted by Gasteiger charge is -2.35. The highest BCUT2D eigenvalue weighted by molar-refractivity contribution is 7.20. The Morgan fingerprint density at radius 2 is 2.07 bits per heavy atom. The first kappa shape index (κ1) is 18.7. The van der Waals surface area contributed by atoms with Crippen LogP contribution < -0.4 is 5.32 Å². The predicted octanol–water partition coefficient (Wildman–Crippen LogP) is 3.38. The number of hydrogen-bond acceptors (Lipinski definition) is 4. The second kappa shape index (κ2) is 7.05. The Balaban J connectivity index is 1.75. The molecule has 1 aliphatic rings. The lowest BCUT2D eigenvalue weighted by atomic mass is 9.97. The van der Waals surface area contributed by atoms with Crippen LogP contribution in [0.3, 0.4) is 0 Å². The van der Waals surface area contributed by atoms with E-state index in [1.807, 2.05) is 49.0 Å². The summed E-state index contributed by atoms with van der Waals surface area (Å²) in [5.74, 6) is 0.0558. The van der Waals surface area contributed by atoms with Gasteiger partial charge in [-0.25, -0.2) is 0 Å². The molecule has 3 aromatic rings. The highest BCUT2D eigenvalue weighted by Crippen LogP contribution is 2.34. The monoisotopic (exact) mass is 396 g/mol. The molecule has 1 aromatic carbocycles. The summed E-state index contributed by atoms with van der Waals surface area (Å²) in [6, 6.07) is 9.09. The van der Waals surface area contributed by atoms with Crippen molar-refractivity contribution < 1.29 is 9.59 Å². The van der Waals surface area contributed by atoms with E-state index in [0.29, 0.717) is 18.0 Å². The van der Waals surface area contributed by atoms with Gasteiger partial charge in [-0.3, -0.25) is 14.3 Å². The van der Waals surface area contributed by atoms with Crippen LogP contribution in [0.25, 0.3) is 10.2 Å². The van der Waals surface area contributed by atoms with E-state index in [1.54, 1.807) is 4.90 Å². The SMILES string of the molecule is Cc1ccccc1C1C(=O)NCCN1C(=O)c1cc2c(C(C)C)nn(C)c2s1. The standard InChI is InChI=1S/C21H24N4O2S/c1-12(2)17-15-11-16(28-21(15)24(4)23-17)20(27)25-10-9-22-19(26)18(25)14-8-6-5-7-13(14)3/h5-8,11-12,18H,9-10H2,1-4H3,(H,22,26). The summed E-state index contributed by atoms with van der Waals surface area (Å²) in [6.07, 6.45) is 0. The number of amides is 2. The van der Waals surface area contributed by atoms with E-state index >= 15 is 0 Å². The molecule has 0 saturated carbocycles. The number of rotatable bonds is 3. The van der Waals surface area contributed by atoms with Gasteiger partial charge in [0.1, 0.15) is 10.9 Å². The van der Waals surface area contributed by atoms with Crippen LogP contribution in [0.5, 0.6) is 0 Å². The zero-order valence-electron chi connectivity index (χ0n) is 16.5. The number of nitrogens with zero attached hydrogens (tertiary/aromatic N) is 3. The van der Waals surface area contributed by atoms with Crippen molar-refractivity contribution in [3.8, 4) is 0 Å². The van der Waals surface area contributed by atoms with E-state index in [0.717, 1.165) is 27.0 Å². The number of hydrogen-bond donors (Lipinski definition) is 1. The lowest BCUT2D eigenvalue weighted by Crippen LogP contribution is -2.52. The highest BCUT2D eigenvalue weighted by atomic mass is 32.1. The second-order valence-electron chi connectivity index (χ2n) is 7.54. The minimum Gasteiger partial charge on any atom is -0.352 e. The van der Waals surface area contributed by atoms with E-state index in [4.69, 9.17) is 0 Å². The molecule has 0 radical (unpaired) electrons. The zero-order valence-corrected chi connectivity index (χ0v) is 17.3. The third kappa shape index (κ3) is 2.99. The smallest absolute Gasteiger partial charge is 0.265 e. The van der Waals surface area contributed by atoms with Crippen LogP contribution in [0, 0.1) is 6.92 Å². The molecule has 1 N–H and O–H groups in total. The van der Waals surface area contributed by atoms with Gasteiger partial charge in [-0.15, -0.1) is 11.3 Å². The van der Waals surface area contributed by atoms with Crippen LogP contribution in [0.15, 0.2) is 30.3 Å². The molecule has 0 spiro atoms. The third-order valence-electron chi connectivity index (χ3n) is 5.25. The first-order valence-corrected chi connectivity index (χ1v) is 10.3. The van der Waals surface area contributed by atoms with Crippen molar-refractivity contribution in [3.05, 3.63) is 52.0 Å².